The molecule has 0 radical (unpaired) electrons. The van der Waals surface area contributed by atoms with Crippen LogP contribution in [-0.2, 0) is 4.79 Å². The van der Waals surface area contributed by atoms with Crippen molar-refractivity contribution >= 4 is 5.78 Å². The van der Waals surface area contributed by atoms with Gasteiger partial charge in [0.25, 0.3) is 0 Å². The minimum Gasteiger partial charge on any atom is -0.316 e. The molecular weight excluding hydrogens is 222 g/mol. The van der Waals surface area contributed by atoms with Gasteiger partial charge < -0.3 is 5.32 Å². The van der Waals surface area contributed by atoms with Gasteiger partial charge in [-0.05, 0) is 50.5 Å². The molecule has 0 aromatic carbocycles. The summed E-state index contributed by atoms with van der Waals surface area (Å²) in [6.45, 7) is 8.67. The van der Waals surface area contributed by atoms with Crippen LogP contribution in [0.4, 0.5) is 0 Å². The lowest BCUT2D eigenvalue weighted by Crippen LogP contribution is -2.43. The molecule has 1 aliphatic heterocycles. The Morgan fingerprint density at radius 3 is 2.39 bits per heavy atom. The van der Waals surface area contributed by atoms with Gasteiger partial charge in [0.2, 0.25) is 0 Å². The maximum absolute atomic E-state index is 12.9. The molecule has 2 rings (SSSR count). The van der Waals surface area contributed by atoms with Crippen LogP contribution in [0.2, 0.25) is 0 Å². The Labute approximate surface area is 112 Å². The zero-order valence-electron chi connectivity index (χ0n) is 12.3. The number of carbonyl (C=O) groups excluding carboxylic acids is 1. The Morgan fingerprint density at radius 1 is 1.28 bits per heavy atom. The molecule has 18 heavy (non-hydrogen) atoms. The number of carbonyl (C=O) groups is 1. The lowest BCUT2D eigenvalue weighted by Gasteiger charge is -2.37. The van der Waals surface area contributed by atoms with E-state index in [0.717, 1.165) is 38.3 Å². The topological polar surface area (TPSA) is 29.1 Å². The summed E-state index contributed by atoms with van der Waals surface area (Å²) < 4.78 is 0. The monoisotopic (exact) mass is 251 g/mol. The second-order valence-electron chi connectivity index (χ2n) is 6.73. The van der Waals surface area contributed by atoms with E-state index in [1.165, 1.54) is 19.3 Å². The summed E-state index contributed by atoms with van der Waals surface area (Å²) >= 11 is 0. The van der Waals surface area contributed by atoms with Crippen LogP contribution in [-0.4, -0.2) is 18.9 Å². The van der Waals surface area contributed by atoms with E-state index < -0.39 is 0 Å². The van der Waals surface area contributed by atoms with Crippen LogP contribution >= 0.6 is 0 Å². The van der Waals surface area contributed by atoms with Crippen molar-refractivity contribution in [2.24, 2.45) is 23.2 Å². The molecule has 1 atom stereocenters. The van der Waals surface area contributed by atoms with E-state index >= 15 is 0 Å². The van der Waals surface area contributed by atoms with Gasteiger partial charge in [-0.3, -0.25) is 4.79 Å². The van der Waals surface area contributed by atoms with Crippen LogP contribution in [0.25, 0.3) is 0 Å². The predicted molar refractivity (Wildman–Crippen MR) is 75.5 cm³/mol. The van der Waals surface area contributed by atoms with Gasteiger partial charge in [-0.15, -0.1) is 0 Å². The summed E-state index contributed by atoms with van der Waals surface area (Å²) in [7, 11) is 0. The van der Waals surface area contributed by atoms with Gasteiger partial charge in [0.15, 0.2) is 0 Å². The van der Waals surface area contributed by atoms with Crippen molar-refractivity contribution in [1.29, 1.82) is 0 Å². The summed E-state index contributed by atoms with van der Waals surface area (Å²) in [6, 6.07) is 0. The highest BCUT2D eigenvalue weighted by molar-refractivity contribution is 5.88. The fraction of sp³-hybridized carbons (Fsp3) is 0.938. The highest BCUT2D eigenvalue weighted by atomic mass is 16.1. The van der Waals surface area contributed by atoms with Gasteiger partial charge in [-0.25, -0.2) is 0 Å². The predicted octanol–water partition coefficient (Wildman–Crippen LogP) is 3.41. The van der Waals surface area contributed by atoms with Crippen molar-refractivity contribution in [1.82, 2.24) is 5.32 Å². The highest BCUT2D eigenvalue weighted by Gasteiger charge is 2.46. The quantitative estimate of drug-likeness (QED) is 0.829. The number of Topliss-reactive ketones (excluding diaryl/α,β-unsaturated/α-hetero) is 1. The summed E-state index contributed by atoms with van der Waals surface area (Å²) in [5.74, 6) is 2.29. The maximum Gasteiger partial charge on any atom is 0.143 e. The Kier molecular flexibility index (Phi) is 4.47. The molecule has 2 nitrogen and oxygen atoms in total. The van der Waals surface area contributed by atoms with E-state index in [1.54, 1.807) is 0 Å². The van der Waals surface area contributed by atoms with Gasteiger partial charge in [0, 0.05) is 17.9 Å². The molecule has 2 heteroatoms. The van der Waals surface area contributed by atoms with Gasteiger partial charge in [0.1, 0.15) is 5.78 Å². The summed E-state index contributed by atoms with van der Waals surface area (Å²) in [5.41, 5.74) is -0.0519. The van der Waals surface area contributed by atoms with E-state index in [0.29, 0.717) is 17.6 Å². The minimum atomic E-state index is -0.0519. The second-order valence-corrected chi connectivity index (χ2v) is 6.73. The third-order valence-corrected chi connectivity index (χ3v) is 5.58. The Balaban J connectivity index is 2.02. The summed E-state index contributed by atoms with van der Waals surface area (Å²) in [4.78, 5) is 12.9. The fourth-order valence-electron chi connectivity index (χ4n) is 3.94. The third-order valence-electron chi connectivity index (χ3n) is 5.58. The Hall–Kier alpha value is -0.370. The lowest BCUT2D eigenvalue weighted by molar-refractivity contribution is -0.135. The molecule has 2 aliphatic rings. The summed E-state index contributed by atoms with van der Waals surface area (Å²) in [6.07, 6.45) is 7.18. The van der Waals surface area contributed by atoms with Crippen molar-refractivity contribution in [2.45, 2.75) is 59.3 Å². The van der Waals surface area contributed by atoms with Gasteiger partial charge in [-0.1, -0.05) is 27.2 Å². The first-order valence-corrected chi connectivity index (χ1v) is 7.85. The lowest BCUT2D eigenvalue weighted by atomic mass is 9.66. The Bertz CT molecular complexity index is 283. The molecule has 104 valence electrons. The van der Waals surface area contributed by atoms with Crippen LogP contribution < -0.4 is 5.32 Å². The number of rotatable bonds is 4. The van der Waals surface area contributed by atoms with Crippen molar-refractivity contribution in [2.75, 3.05) is 13.1 Å². The average Bonchev–Trinajstić information content (AvgIpc) is 2.88. The molecule has 0 bridgehead atoms. The largest absolute Gasteiger partial charge is 0.316 e. The van der Waals surface area contributed by atoms with Crippen molar-refractivity contribution in [3.63, 3.8) is 0 Å². The van der Waals surface area contributed by atoms with Crippen molar-refractivity contribution < 1.29 is 4.79 Å². The maximum atomic E-state index is 12.9. The zero-order valence-corrected chi connectivity index (χ0v) is 12.3. The molecule has 1 aliphatic carbocycles. The van der Waals surface area contributed by atoms with E-state index in [1.807, 2.05) is 0 Å². The molecule has 1 heterocycles. The molecule has 1 saturated carbocycles. The fourth-order valence-corrected chi connectivity index (χ4v) is 3.94. The molecule has 1 N–H and O–H groups in total. The SMILES string of the molecule is CCC1CCC(C(=O)C2(C(C)C)CCNC2)CC1. The number of ketones is 1. The first-order valence-electron chi connectivity index (χ1n) is 7.85. The number of nitrogens with one attached hydrogen (secondary N) is 1. The standard InChI is InChI=1S/C16H29NO/c1-4-13-5-7-14(8-6-13)15(18)16(12(2)3)9-10-17-11-16/h12-14,17H,4-11H2,1-3H3. The molecule has 0 spiro atoms. The summed E-state index contributed by atoms with van der Waals surface area (Å²) in [5, 5.41) is 3.41. The van der Waals surface area contributed by atoms with E-state index in [9.17, 15) is 4.79 Å². The van der Waals surface area contributed by atoms with E-state index in [-0.39, 0.29) is 5.41 Å². The van der Waals surface area contributed by atoms with Crippen molar-refractivity contribution in [3.8, 4) is 0 Å². The van der Waals surface area contributed by atoms with Crippen LogP contribution in [0.1, 0.15) is 59.3 Å². The van der Waals surface area contributed by atoms with Crippen molar-refractivity contribution in [3.05, 3.63) is 0 Å². The highest BCUT2D eigenvalue weighted by Crippen LogP contribution is 2.42. The minimum absolute atomic E-state index is 0.0519. The van der Waals surface area contributed by atoms with Crippen LogP contribution in [0, 0.1) is 23.2 Å². The third kappa shape index (κ3) is 2.49. The van der Waals surface area contributed by atoms with Crippen LogP contribution in [0.15, 0.2) is 0 Å². The average molecular weight is 251 g/mol. The first kappa shape index (κ1) is 14.0. The smallest absolute Gasteiger partial charge is 0.143 e. The molecule has 1 saturated heterocycles. The van der Waals surface area contributed by atoms with E-state index in [4.69, 9.17) is 0 Å². The van der Waals surface area contributed by atoms with Crippen LogP contribution in [0.3, 0.4) is 0 Å². The molecule has 0 amide bonds. The normalized spacial score (nSPS) is 37.1. The molecule has 1 unspecified atom stereocenters. The van der Waals surface area contributed by atoms with Gasteiger partial charge in [0.05, 0.1) is 0 Å². The van der Waals surface area contributed by atoms with Crippen LogP contribution in [0.5, 0.6) is 0 Å². The van der Waals surface area contributed by atoms with Gasteiger partial charge in [-0.2, -0.15) is 0 Å². The molecule has 2 fully saturated rings. The molecule has 0 aromatic rings. The molecular formula is C16H29NO. The van der Waals surface area contributed by atoms with E-state index in [2.05, 4.69) is 26.1 Å². The zero-order chi connectivity index (χ0) is 13.2. The Morgan fingerprint density at radius 2 is 1.94 bits per heavy atom. The van der Waals surface area contributed by atoms with Gasteiger partial charge >= 0.3 is 0 Å². The second kappa shape index (κ2) is 5.73. The number of hydrogen-bond acceptors (Lipinski definition) is 2. The number of hydrogen-bond donors (Lipinski definition) is 1. The first-order chi connectivity index (χ1) is 8.60. The molecule has 0 aromatic heterocycles.